The highest BCUT2D eigenvalue weighted by atomic mass is 35.5. The molecule has 0 aliphatic heterocycles. The van der Waals surface area contributed by atoms with Crippen LogP contribution in [0.5, 0.6) is 5.75 Å². The number of methoxy groups -OCH3 is 1. The second kappa shape index (κ2) is 10.5. The highest BCUT2D eigenvalue weighted by Crippen LogP contribution is 2.26. The molecule has 0 spiro atoms. The Labute approximate surface area is 173 Å². The minimum absolute atomic E-state index is 0.0346. The highest BCUT2D eigenvalue weighted by molar-refractivity contribution is 6.30. The molecule has 0 fully saturated rings. The molecule has 2 aromatic rings. The summed E-state index contributed by atoms with van der Waals surface area (Å²) >= 11 is 5.97. The predicted molar refractivity (Wildman–Crippen MR) is 106 cm³/mol. The van der Waals surface area contributed by atoms with Crippen molar-refractivity contribution >= 4 is 17.6 Å². The fourth-order valence-corrected chi connectivity index (χ4v) is 3.02. The second-order valence-corrected chi connectivity index (χ2v) is 6.89. The van der Waals surface area contributed by atoms with Crippen LogP contribution in [0.4, 0.5) is 8.78 Å². The summed E-state index contributed by atoms with van der Waals surface area (Å²) in [5.41, 5.74) is 1.44. The van der Waals surface area contributed by atoms with Gasteiger partial charge in [-0.05, 0) is 48.7 Å². The first-order valence-electron chi connectivity index (χ1n) is 9.11. The largest absolute Gasteiger partial charge is 0.497 e. The van der Waals surface area contributed by atoms with Crippen LogP contribution in [0.3, 0.4) is 0 Å². The van der Waals surface area contributed by atoms with Gasteiger partial charge >= 0.3 is 11.9 Å². The molecule has 5 nitrogen and oxygen atoms in total. The van der Waals surface area contributed by atoms with Gasteiger partial charge in [-0.15, -0.1) is 0 Å². The molecular weight excluding hydrogens is 404 g/mol. The molecule has 0 bridgehead atoms. The highest BCUT2D eigenvalue weighted by Gasteiger charge is 2.51. The summed E-state index contributed by atoms with van der Waals surface area (Å²) in [6.07, 6.45) is -2.26. The van der Waals surface area contributed by atoms with Gasteiger partial charge in [-0.3, -0.25) is 0 Å². The Kier molecular flexibility index (Phi) is 8.37. The summed E-state index contributed by atoms with van der Waals surface area (Å²) in [7, 11) is 1.54. The molecular formula is C21H24ClF2NO4. The first kappa shape index (κ1) is 23.1. The maximum Gasteiger partial charge on any atom is 0.379 e. The van der Waals surface area contributed by atoms with E-state index in [9.17, 15) is 18.7 Å². The molecule has 2 rings (SSSR count). The number of aliphatic hydroxyl groups excluding tert-OH is 1. The SMILES string of the molecule is CCOC(=O)C(F)(F)C(O)C(Cc1cccc(Cl)c1)NCc1ccc(OC)cc1. The quantitative estimate of drug-likeness (QED) is 0.567. The van der Waals surface area contributed by atoms with E-state index < -0.39 is 24.0 Å². The van der Waals surface area contributed by atoms with Gasteiger partial charge in [-0.2, -0.15) is 8.78 Å². The standard InChI is InChI=1S/C21H24ClF2NO4/c1-3-29-20(27)21(23,24)19(26)18(12-15-5-4-6-16(22)11-15)25-13-14-7-9-17(28-2)10-8-14/h4-11,18-19,25-26H,3,12-13H2,1-2H3. The van der Waals surface area contributed by atoms with Crippen LogP contribution in [0.2, 0.25) is 5.02 Å². The second-order valence-electron chi connectivity index (χ2n) is 6.46. The van der Waals surface area contributed by atoms with Crippen molar-refractivity contribution in [2.24, 2.45) is 0 Å². The monoisotopic (exact) mass is 427 g/mol. The fourth-order valence-electron chi connectivity index (χ4n) is 2.81. The Balaban J connectivity index is 2.20. The molecule has 0 amide bonds. The van der Waals surface area contributed by atoms with Gasteiger partial charge in [0.25, 0.3) is 0 Å². The minimum atomic E-state index is -4.06. The number of nitrogens with one attached hydrogen (secondary N) is 1. The molecule has 0 saturated carbocycles. The van der Waals surface area contributed by atoms with E-state index in [-0.39, 0.29) is 19.6 Å². The van der Waals surface area contributed by atoms with Crippen molar-refractivity contribution in [3.8, 4) is 5.75 Å². The summed E-state index contributed by atoms with van der Waals surface area (Å²) < 4.78 is 38.4. The van der Waals surface area contributed by atoms with Gasteiger partial charge in [0.2, 0.25) is 0 Å². The molecule has 2 aromatic carbocycles. The van der Waals surface area contributed by atoms with Crippen LogP contribution >= 0.6 is 11.6 Å². The van der Waals surface area contributed by atoms with Gasteiger partial charge in [-0.25, -0.2) is 4.79 Å². The lowest BCUT2D eigenvalue weighted by atomic mass is 9.96. The summed E-state index contributed by atoms with van der Waals surface area (Å²) in [6, 6.07) is 12.6. The van der Waals surface area contributed by atoms with E-state index in [2.05, 4.69) is 10.1 Å². The van der Waals surface area contributed by atoms with Crippen LogP contribution in [0.25, 0.3) is 0 Å². The van der Waals surface area contributed by atoms with E-state index in [1.165, 1.54) is 6.92 Å². The van der Waals surface area contributed by atoms with Crippen molar-refractivity contribution < 1.29 is 28.2 Å². The molecule has 8 heteroatoms. The lowest BCUT2D eigenvalue weighted by molar-refractivity contribution is -0.191. The summed E-state index contributed by atoms with van der Waals surface area (Å²) in [5, 5.41) is 13.7. The lowest BCUT2D eigenvalue weighted by Gasteiger charge is -2.29. The van der Waals surface area contributed by atoms with Gasteiger partial charge in [0.05, 0.1) is 13.7 Å². The topological polar surface area (TPSA) is 67.8 Å². The van der Waals surface area contributed by atoms with Gasteiger partial charge < -0.3 is 19.9 Å². The van der Waals surface area contributed by atoms with Crippen LogP contribution in [0.1, 0.15) is 18.1 Å². The van der Waals surface area contributed by atoms with E-state index in [0.717, 1.165) is 5.56 Å². The Morgan fingerprint density at radius 3 is 2.48 bits per heavy atom. The van der Waals surface area contributed by atoms with E-state index in [1.54, 1.807) is 55.6 Å². The zero-order chi connectivity index (χ0) is 21.4. The predicted octanol–water partition coefficient (Wildman–Crippen LogP) is 3.61. The number of hydrogen-bond donors (Lipinski definition) is 2. The first-order chi connectivity index (χ1) is 13.8. The van der Waals surface area contributed by atoms with Crippen molar-refractivity contribution in [2.75, 3.05) is 13.7 Å². The summed E-state index contributed by atoms with van der Waals surface area (Å²) in [4.78, 5) is 11.7. The van der Waals surface area contributed by atoms with Crippen molar-refractivity contribution in [2.45, 2.75) is 38.0 Å². The number of rotatable bonds is 10. The number of halogens is 3. The molecule has 2 unspecified atom stereocenters. The Bertz CT molecular complexity index is 802. The number of aliphatic hydroxyl groups is 1. The Morgan fingerprint density at radius 1 is 1.21 bits per heavy atom. The maximum atomic E-state index is 14.4. The van der Waals surface area contributed by atoms with E-state index >= 15 is 0 Å². The van der Waals surface area contributed by atoms with Crippen molar-refractivity contribution in [3.05, 3.63) is 64.7 Å². The van der Waals surface area contributed by atoms with Crippen LogP contribution in [0, 0.1) is 0 Å². The fraction of sp³-hybridized carbons (Fsp3) is 0.381. The molecule has 0 aliphatic rings. The maximum absolute atomic E-state index is 14.4. The van der Waals surface area contributed by atoms with Gasteiger partial charge in [0.15, 0.2) is 0 Å². The molecule has 158 valence electrons. The molecule has 0 heterocycles. The summed E-state index contributed by atoms with van der Waals surface area (Å²) in [5.74, 6) is -5.15. The van der Waals surface area contributed by atoms with Gasteiger partial charge in [0, 0.05) is 17.6 Å². The average Bonchev–Trinajstić information content (AvgIpc) is 2.71. The Morgan fingerprint density at radius 2 is 1.90 bits per heavy atom. The van der Waals surface area contributed by atoms with Crippen molar-refractivity contribution in [1.29, 1.82) is 0 Å². The Hall–Kier alpha value is -2.22. The third-order valence-corrected chi connectivity index (χ3v) is 4.61. The molecule has 2 atom stereocenters. The molecule has 0 aromatic heterocycles. The zero-order valence-electron chi connectivity index (χ0n) is 16.2. The molecule has 0 radical (unpaired) electrons. The van der Waals surface area contributed by atoms with Gasteiger partial charge in [0.1, 0.15) is 11.9 Å². The van der Waals surface area contributed by atoms with Gasteiger partial charge in [-0.1, -0.05) is 35.9 Å². The number of carbonyl (C=O) groups is 1. The number of esters is 1. The lowest BCUT2D eigenvalue weighted by Crippen LogP contribution is -2.54. The zero-order valence-corrected chi connectivity index (χ0v) is 17.0. The van der Waals surface area contributed by atoms with E-state index in [0.29, 0.717) is 16.3 Å². The van der Waals surface area contributed by atoms with Crippen molar-refractivity contribution in [1.82, 2.24) is 5.32 Å². The molecule has 29 heavy (non-hydrogen) atoms. The van der Waals surface area contributed by atoms with E-state index in [4.69, 9.17) is 16.3 Å². The number of benzene rings is 2. The smallest absolute Gasteiger partial charge is 0.379 e. The third kappa shape index (κ3) is 6.39. The summed E-state index contributed by atoms with van der Waals surface area (Å²) in [6.45, 7) is 1.41. The van der Waals surface area contributed by atoms with Crippen LogP contribution < -0.4 is 10.1 Å². The number of alkyl halides is 2. The third-order valence-electron chi connectivity index (χ3n) is 4.37. The normalized spacial score (nSPS) is 13.6. The number of carbonyl (C=O) groups excluding carboxylic acids is 1. The molecule has 2 N–H and O–H groups in total. The minimum Gasteiger partial charge on any atom is -0.497 e. The van der Waals surface area contributed by atoms with E-state index in [1.807, 2.05) is 0 Å². The number of hydrogen-bond acceptors (Lipinski definition) is 5. The van der Waals surface area contributed by atoms with Crippen LogP contribution in [0.15, 0.2) is 48.5 Å². The number of ether oxygens (including phenoxy) is 2. The van der Waals surface area contributed by atoms with Crippen LogP contribution in [-0.2, 0) is 22.5 Å². The first-order valence-corrected chi connectivity index (χ1v) is 9.49. The molecule has 0 saturated heterocycles. The average molecular weight is 428 g/mol. The van der Waals surface area contributed by atoms with Crippen LogP contribution in [-0.4, -0.2) is 42.9 Å². The van der Waals surface area contributed by atoms with Crippen molar-refractivity contribution in [3.63, 3.8) is 0 Å². The molecule has 0 aliphatic carbocycles.